The summed E-state index contributed by atoms with van der Waals surface area (Å²) in [6.45, 7) is 8.73. The van der Waals surface area contributed by atoms with E-state index in [1.165, 1.54) is 5.56 Å². The van der Waals surface area contributed by atoms with Crippen LogP contribution in [0.25, 0.3) is 28.1 Å². The second-order valence-corrected chi connectivity index (χ2v) is 7.30. The highest BCUT2D eigenvalue weighted by Crippen LogP contribution is 2.23. The molecule has 0 aromatic carbocycles. The Kier molecular flexibility index (Phi) is 4.31. The van der Waals surface area contributed by atoms with Gasteiger partial charge < -0.3 is 10.3 Å². The van der Waals surface area contributed by atoms with E-state index in [0.717, 1.165) is 51.8 Å². The molecule has 0 saturated carbocycles. The minimum absolute atomic E-state index is 0.714. The molecule has 5 heterocycles. The number of fused-ring (bicyclic) bond motifs is 2. The molecule has 0 aliphatic rings. The van der Waals surface area contributed by atoms with Gasteiger partial charge in [-0.25, -0.2) is 19.9 Å². The first-order valence-electron chi connectivity index (χ1n) is 9.81. The maximum absolute atomic E-state index is 4.84. The van der Waals surface area contributed by atoms with Crippen molar-refractivity contribution in [1.29, 1.82) is 0 Å². The molecule has 0 aliphatic carbocycles. The lowest BCUT2D eigenvalue weighted by atomic mass is 10.1. The lowest BCUT2D eigenvalue weighted by molar-refractivity contribution is 0.904. The zero-order valence-corrected chi connectivity index (χ0v) is 16.9. The summed E-state index contributed by atoms with van der Waals surface area (Å²) in [6, 6.07) is 4.04. The van der Waals surface area contributed by atoms with Gasteiger partial charge >= 0.3 is 0 Å². The van der Waals surface area contributed by atoms with Crippen LogP contribution in [0.5, 0.6) is 0 Å². The van der Waals surface area contributed by atoms with Crippen molar-refractivity contribution in [3.63, 3.8) is 0 Å². The summed E-state index contributed by atoms with van der Waals surface area (Å²) in [5, 5.41) is 4.62. The molecule has 8 heteroatoms. The highest BCUT2D eigenvalue weighted by atomic mass is 15.2. The van der Waals surface area contributed by atoms with Crippen LogP contribution in [0, 0.1) is 6.92 Å². The highest BCUT2D eigenvalue weighted by molar-refractivity contribution is 5.79. The number of imidazole rings is 2. The van der Waals surface area contributed by atoms with Gasteiger partial charge in [-0.1, -0.05) is 6.58 Å². The van der Waals surface area contributed by atoms with Crippen LogP contribution in [0.2, 0.25) is 0 Å². The molecule has 5 aromatic heterocycles. The number of aromatic nitrogens is 7. The molecule has 0 saturated heterocycles. The first kappa shape index (κ1) is 18.1. The molecule has 0 spiro atoms. The van der Waals surface area contributed by atoms with Crippen LogP contribution in [-0.2, 0) is 6.42 Å². The molecule has 0 bridgehead atoms. The number of H-pyrrole nitrogens is 1. The van der Waals surface area contributed by atoms with Crippen LogP contribution >= 0.6 is 0 Å². The van der Waals surface area contributed by atoms with E-state index in [4.69, 9.17) is 4.98 Å². The topological polar surface area (TPSA) is 88.7 Å². The zero-order valence-electron chi connectivity index (χ0n) is 16.9. The Morgan fingerprint density at radius 3 is 2.93 bits per heavy atom. The Morgan fingerprint density at radius 1 is 1.23 bits per heavy atom. The van der Waals surface area contributed by atoms with Gasteiger partial charge in [-0.2, -0.15) is 0 Å². The van der Waals surface area contributed by atoms with Crippen molar-refractivity contribution in [1.82, 2.24) is 33.9 Å². The van der Waals surface area contributed by atoms with Gasteiger partial charge in [0.2, 0.25) is 0 Å². The monoisotopic (exact) mass is 398 g/mol. The van der Waals surface area contributed by atoms with Crippen LogP contribution in [0.3, 0.4) is 0 Å². The number of hydrogen-bond donors (Lipinski definition) is 2. The minimum atomic E-state index is 0.714. The normalized spacial score (nSPS) is 11.4. The van der Waals surface area contributed by atoms with E-state index in [-0.39, 0.29) is 0 Å². The van der Waals surface area contributed by atoms with Gasteiger partial charge in [0.1, 0.15) is 11.5 Å². The van der Waals surface area contributed by atoms with E-state index in [1.807, 2.05) is 53.7 Å². The largest absolute Gasteiger partial charge is 0.367 e. The molecule has 0 aliphatic heterocycles. The predicted molar refractivity (Wildman–Crippen MR) is 118 cm³/mol. The highest BCUT2D eigenvalue weighted by Gasteiger charge is 2.14. The summed E-state index contributed by atoms with van der Waals surface area (Å²) in [7, 11) is 0. The fraction of sp³-hybridized carbons (Fsp3) is 0.182. The van der Waals surface area contributed by atoms with Crippen molar-refractivity contribution in [2.75, 3.05) is 11.9 Å². The first-order chi connectivity index (χ1) is 14.6. The Labute approximate surface area is 173 Å². The van der Waals surface area contributed by atoms with E-state index in [2.05, 4.69) is 37.9 Å². The average molecular weight is 398 g/mol. The van der Waals surface area contributed by atoms with E-state index in [9.17, 15) is 0 Å². The Hall–Kier alpha value is -3.94. The van der Waals surface area contributed by atoms with E-state index < -0.39 is 0 Å². The lowest BCUT2D eigenvalue weighted by Crippen LogP contribution is -2.11. The third-order valence-electron chi connectivity index (χ3n) is 5.21. The molecular formula is C22H22N8. The number of nitrogens with zero attached hydrogens (tertiary/aromatic N) is 6. The summed E-state index contributed by atoms with van der Waals surface area (Å²) in [6.07, 6.45) is 12.1. The molecule has 30 heavy (non-hydrogen) atoms. The van der Waals surface area contributed by atoms with Gasteiger partial charge in [0.15, 0.2) is 17.3 Å². The van der Waals surface area contributed by atoms with Gasteiger partial charge in [0.05, 0.1) is 18.1 Å². The van der Waals surface area contributed by atoms with Crippen LogP contribution in [-0.4, -0.2) is 40.4 Å². The number of pyridine rings is 1. The molecule has 0 radical (unpaired) electrons. The molecular weight excluding hydrogens is 376 g/mol. The molecule has 150 valence electrons. The Balaban J connectivity index is 1.49. The summed E-state index contributed by atoms with van der Waals surface area (Å²) in [5.74, 6) is 2.37. The van der Waals surface area contributed by atoms with E-state index >= 15 is 0 Å². The van der Waals surface area contributed by atoms with Gasteiger partial charge in [-0.3, -0.25) is 8.97 Å². The number of aryl methyl sites for hydroxylation is 1. The standard InChI is InChI=1S/C22H22N8/c1-14(2)18-12-27-22-21(28-19(13-30(18)22)29-10-9-23-15(29)3)25-8-6-16-11-26-20-17(16)5-4-7-24-20/h4-5,7,9-13H,1,6,8H2,2-3H3,(H,24,26)(H,25,28). The lowest BCUT2D eigenvalue weighted by Gasteiger charge is -2.12. The second kappa shape index (κ2) is 7.14. The Bertz CT molecular complexity index is 1370. The van der Waals surface area contributed by atoms with Crippen molar-refractivity contribution in [3.8, 4) is 5.82 Å². The number of anilines is 1. The molecule has 5 rings (SSSR count). The summed E-state index contributed by atoms with van der Waals surface area (Å²) < 4.78 is 3.99. The summed E-state index contributed by atoms with van der Waals surface area (Å²) >= 11 is 0. The van der Waals surface area contributed by atoms with Gasteiger partial charge in [-0.15, -0.1) is 0 Å². The molecule has 0 atom stereocenters. The number of nitrogens with one attached hydrogen (secondary N) is 2. The third-order valence-corrected chi connectivity index (χ3v) is 5.21. The zero-order chi connectivity index (χ0) is 20.7. The van der Waals surface area contributed by atoms with Gasteiger partial charge in [-0.05, 0) is 43.5 Å². The summed E-state index contributed by atoms with van der Waals surface area (Å²) in [4.78, 5) is 21.3. The van der Waals surface area contributed by atoms with Crippen molar-refractivity contribution in [2.24, 2.45) is 0 Å². The SMILES string of the molecule is C=C(C)c1cnc2c(NCCc3c[nH]c4ncccc34)nc(-n3ccnc3C)cn12. The predicted octanol–water partition coefficient (Wildman–Crippen LogP) is 3.79. The minimum Gasteiger partial charge on any atom is -0.367 e. The molecule has 0 unspecified atom stereocenters. The third kappa shape index (κ3) is 3.02. The maximum atomic E-state index is 4.84. The molecule has 0 amide bonds. The van der Waals surface area contributed by atoms with Crippen LogP contribution in [0.4, 0.5) is 5.82 Å². The van der Waals surface area contributed by atoms with Gasteiger partial charge in [0.25, 0.3) is 0 Å². The molecule has 0 fully saturated rings. The van der Waals surface area contributed by atoms with E-state index in [1.54, 1.807) is 12.4 Å². The van der Waals surface area contributed by atoms with Crippen molar-refractivity contribution in [2.45, 2.75) is 20.3 Å². The van der Waals surface area contributed by atoms with Crippen LogP contribution < -0.4 is 5.32 Å². The van der Waals surface area contributed by atoms with Crippen LogP contribution in [0.1, 0.15) is 24.0 Å². The smallest absolute Gasteiger partial charge is 0.180 e. The first-order valence-corrected chi connectivity index (χ1v) is 9.81. The van der Waals surface area contributed by atoms with Crippen molar-refractivity contribution < 1.29 is 0 Å². The number of aromatic amines is 1. The number of rotatable bonds is 6. The maximum Gasteiger partial charge on any atom is 0.180 e. The fourth-order valence-electron chi connectivity index (χ4n) is 3.68. The number of hydrogen-bond acceptors (Lipinski definition) is 5. The molecule has 8 nitrogen and oxygen atoms in total. The molecule has 5 aromatic rings. The van der Waals surface area contributed by atoms with Crippen LogP contribution in [0.15, 0.2) is 55.9 Å². The van der Waals surface area contributed by atoms with Gasteiger partial charge in [0, 0.05) is 36.7 Å². The quantitative estimate of drug-likeness (QED) is 0.454. The molecule has 2 N–H and O–H groups in total. The fourth-order valence-corrected chi connectivity index (χ4v) is 3.68. The van der Waals surface area contributed by atoms with Crippen molar-refractivity contribution in [3.05, 3.63) is 73.0 Å². The van der Waals surface area contributed by atoms with E-state index in [0.29, 0.717) is 6.54 Å². The average Bonchev–Trinajstić information content (AvgIpc) is 3.46. The Morgan fingerprint density at radius 2 is 2.13 bits per heavy atom. The second-order valence-electron chi connectivity index (χ2n) is 7.30. The van der Waals surface area contributed by atoms with Crippen molar-refractivity contribution >= 4 is 28.1 Å². The summed E-state index contributed by atoms with van der Waals surface area (Å²) in [5.41, 5.74) is 4.80. The number of allylic oxidation sites excluding steroid dienone is 1.